The van der Waals surface area contributed by atoms with E-state index in [0.717, 1.165) is 50.6 Å². The highest BCUT2D eigenvalue weighted by Crippen LogP contribution is 2.28. The predicted molar refractivity (Wildman–Crippen MR) is 95.9 cm³/mol. The molecule has 0 aromatic heterocycles. The van der Waals surface area contributed by atoms with Crippen molar-refractivity contribution in [3.8, 4) is 5.75 Å². The summed E-state index contributed by atoms with van der Waals surface area (Å²) < 4.78 is 5.45. The van der Waals surface area contributed by atoms with Gasteiger partial charge in [-0.25, -0.2) is 0 Å². The largest absolute Gasteiger partial charge is 0.495 e. The van der Waals surface area contributed by atoms with Crippen LogP contribution < -0.4 is 15.0 Å². The zero-order valence-electron chi connectivity index (χ0n) is 14.7. The van der Waals surface area contributed by atoms with Gasteiger partial charge in [0.1, 0.15) is 5.75 Å². The van der Waals surface area contributed by atoms with Gasteiger partial charge >= 0.3 is 0 Å². The number of hydrogen-bond acceptors (Lipinski definition) is 6. The first-order valence-corrected chi connectivity index (χ1v) is 8.83. The van der Waals surface area contributed by atoms with Crippen molar-refractivity contribution < 1.29 is 14.3 Å². The van der Waals surface area contributed by atoms with E-state index in [9.17, 15) is 9.59 Å². The molecule has 1 aromatic rings. The molecule has 2 saturated heterocycles. The molecule has 0 spiro atoms. The van der Waals surface area contributed by atoms with Crippen LogP contribution in [-0.2, 0) is 9.59 Å². The van der Waals surface area contributed by atoms with E-state index in [2.05, 4.69) is 21.2 Å². The molecule has 2 heterocycles. The van der Waals surface area contributed by atoms with Gasteiger partial charge in [0.25, 0.3) is 0 Å². The summed E-state index contributed by atoms with van der Waals surface area (Å²) in [4.78, 5) is 29.6. The lowest BCUT2D eigenvalue weighted by molar-refractivity contribution is -0.146. The van der Waals surface area contributed by atoms with Crippen molar-refractivity contribution in [1.29, 1.82) is 0 Å². The van der Waals surface area contributed by atoms with Gasteiger partial charge in [-0.3, -0.25) is 24.7 Å². The highest BCUT2D eigenvalue weighted by molar-refractivity contribution is 5.99. The first-order chi connectivity index (χ1) is 12.2. The lowest BCUT2D eigenvalue weighted by Gasteiger charge is -2.37. The van der Waals surface area contributed by atoms with Crippen LogP contribution >= 0.6 is 0 Å². The minimum Gasteiger partial charge on any atom is -0.495 e. The smallest absolute Gasteiger partial charge is 0.243 e. The number of rotatable bonds is 6. The predicted octanol–water partition coefficient (Wildman–Crippen LogP) is 0.166. The quantitative estimate of drug-likeness (QED) is 0.741. The van der Waals surface area contributed by atoms with Gasteiger partial charge < -0.3 is 9.64 Å². The van der Waals surface area contributed by atoms with Crippen molar-refractivity contribution in [2.45, 2.75) is 6.42 Å². The number of piperazine rings is 2. The molecule has 2 amide bonds. The van der Waals surface area contributed by atoms with E-state index in [-0.39, 0.29) is 24.9 Å². The van der Waals surface area contributed by atoms with Crippen LogP contribution in [-0.4, -0.2) is 81.1 Å². The van der Waals surface area contributed by atoms with Gasteiger partial charge in [0.05, 0.1) is 25.9 Å². The molecular formula is C18H26N4O3. The van der Waals surface area contributed by atoms with Crippen molar-refractivity contribution in [1.82, 2.24) is 15.1 Å². The van der Waals surface area contributed by atoms with Gasteiger partial charge in [0.15, 0.2) is 0 Å². The summed E-state index contributed by atoms with van der Waals surface area (Å²) in [6.45, 7) is 5.81. The second kappa shape index (κ2) is 8.31. The Morgan fingerprint density at radius 3 is 2.36 bits per heavy atom. The van der Waals surface area contributed by atoms with Crippen LogP contribution in [0.2, 0.25) is 0 Å². The minimum absolute atomic E-state index is 0.114. The summed E-state index contributed by atoms with van der Waals surface area (Å²) in [5.74, 6) is 0.682. The Morgan fingerprint density at radius 1 is 1.00 bits per heavy atom. The Kier molecular flexibility index (Phi) is 5.88. The molecule has 2 aliphatic heterocycles. The van der Waals surface area contributed by atoms with Crippen LogP contribution in [0, 0.1) is 0 Å². The average Bonchev–Trinajstić information content (AvgIpc) is 2.65. The van der Waals surface area contributed by atoms with Gasteiger partial charge in [0.2, 0.25) is 11.8 Å². The van der Waals surface area contributed by atoms with Crippen LogP contribution in [0.25, 0.3) is 0 Å². The molecule has 136 valence electrons. The van der Waals surface area contributed by atoms with Gasteiger partial charge in [-0.15, -0.1) is 0 Å². The summed E-state index contributed by atoms with van der Waals surface area (Å²) in [5.41, 5.74) is 1.14. The Morgan fingerprint density at radius 2 is 1.68 bits per heavy atom. The molecule has 1 aromatic carbocycles. The fourth-order valence-electron chi connectivity index (χ4n) is 3.41. The Hall–Kier alpha value is -2.12. The number of amides is 2. The first-order valence-electron chi connectivity index (χ1n) is 8.83. The van der Waals surface area contributed by atoms with Crippen molar-refractivity contribution >= 4 is 17.5 Å². The number of carbonyl (C=O) groups is 2. The number of ether oxygens (including phenoxy) is 1. The molecule has 3 rings (SSSR count). The molecule has 25 heavy (non-hydrogen) atoms. The molecule has 7 heteroatoms. The van der Waals surface area contributed by atoms with Crippen LogP contribution in [0.15, 0.2) is 24.3 Å². The van der Waals surface area contributed by atoms with E-state index in [4.69, 9.17) is 4.74 Å². The summed E-state index contributed by atoms with van der Waals surface area (Å²) in [5, 5.41) is 2.82. The van der Waals surface area contributed by atoms with Crippen LogP contribution in [0.3, 0.4) is 0 Å². The van der Waals surface area contributed by atoms with Gasteiger partial charge in [0, 0.05) is 32.7 Å². The number of imide groups is 1. The third kappa shape index (κ3) is 4.29. The van der Waals surface area contributed by atoms with Crippen LogP contribution in [0.1, 0.15) is 6.42 Å². The number of nitrogens with one attached hydrogen (secondary N) is 1. The zero-order valence-corrected chi connectivity index (χ0v) is 14.7. The Balaban J connectivity index is 1.43. The SMILES string of the molecule is COc1ccccc1N1CCN(CCCN2C(=O)CNCC2=O)CC1. The molecule has 2 fully saturated rings. The fourth-order valence-corrected chi connectivity index (χ4v) is 3.41. The fraction of sp³-hybridized carbons (Fsp3) is 0.556. The second-order valence-corrected chi connectivity index (χ2v) is 6.40. The van der Waals surface area contributed by atoms with Crippen molar-refractivity contribution in [2.24, 2.45) is 0 Å². The number of benzene rings is 1. The minimum atomic E-state index is -0.114. The van der Waals surface area contributed by atoms with E-state index in [1.165, 1.54) is 4.90 Å². The molecule has 1 N–H and O–H groups in total. The van der Waals surface area contributed by atoms with E-state index in [1.807, 2.05) is 18.2 Å². The number of carbonyl (C=O) groups excluding carboxylic acids is 2. The van der Waals surface area contributed by atoms with Crippen molar-refractivity contribution in [2.75, 3.05) is 64.4 Å². The van der Waals surface area contributed by atoms with Crippen LogP contribution in [0.5, 0.6) is 5.75 Å². The number of nitrogens with zero attached hydrogens (tertiary/aromatic N) is 3. The normalized spacial score (nSPS) is 19.4. The molecule has 0 unspecified atom stereocenters. The van der Waals surface area contributed by atoms with E-state index in [0.29, 0.717) is 6.54 Å². The number of para-hydroxylation sites is 2. The average molecular weight is 346 g/mol. The molecule has 0 bridgehead atoms. The molecule has 0 saturated carbocycles. The topological polar surface area (TPSA) is 65.1 Å². The Labute approximate surface area is 148 Å². The van der Waals surface area contributed by atoms with Gasteiger partial charge in [-0.05, 0) is 25.1 Å². The monoisotopic (exact) mass is 346 g/mol. The van der Waals surface area contributed by atoms with Crippen LogP contribution in [0.4, 0.5) is 5.69 Å². The summed E-state index contributed by atoms with van der Waals surface area (Å²) in [6, 6.07) is 8.10. The molecule has 0 radical (unpaired) electrons. The molecule has 0 aliphatic carbocycles. The van der Waals surface area contributed by atoms with Gasteiger partial charge in [-0.2, -0.15) is 0 Å². The number of methoxy groups -OCH3 is 1. The van der Waals surface area contributed by atoms with Crippen molar-refractivity contribution in [3.63, 3.8) is 0 Å². The number of anilines is 1. The third-order valence-electron chi connectivity index (χ3n) is 4.81. The first kappa shape index (κ1) is 17.7. The van der Waals surface area contributed by atoms with E-state index in [1.54, 1.807) is 7.11 Å². The molecular weight excluding hydrogens is 320 g/mol. The number of hydrogen-bond donors (Lipinski definition) is 1. The maximum absolute atomic E-state index is 11.8. The summed E-state index contributed by atoms with van der Waals surface area (Å²) >= 11 is 0. The molecule has 7 nitrogen and oxygen atoms in total. The highest BCUT2D eigenvalue weighted by atomic mass is 16.5. The second-order valence-electron chi connectivity index (χ2n) is 6.40. The van der Waals surface area contributed by atoms with E-state index < -0.39 is 0 Å². The molecule has 0 atom stereocenters. The molecule has 2 aliphatic rings. The lowest BCUT2D eigenvalue weighted by atomic mass is 10.2. The van der Waals surface area contributed by atoms with Crippen molar-refractivity contribution in [3.05, 3.63) is 24.3 Å². The third-order valence-corrected chi connectivity index (χ3v) is 4.81. The summed E-state index contributed by atoms with van der Waals surface area (Å²) in [7, 11) is 1.70. The summed E-state index contributed by atoms with van der Waals surface area (Å²) in [6.07, 6.45) is 0.826. The Bertz CT molecular complexity index is 598. The lowest BCUT2D eigenvalue weighted by Crippen LogP contribution is -2.53. The van der Waals surface area contributed by atoms with Gasteiger partial charge in [-0.1, -0.05) is 12.1 Å². The standard InChI is InChI=1S/C18H26N4O3/c1-25-16-6-3-2-5-15(16)21-11-9-20(10-12-21)7-4-8-22-17(23)13-19-14-18(22)24/h2-3,5-6,19H,4,7-14H2,1H3. The zero-order chi connectivity index (χ0) is 17.6. The van der Waals surface area contributed by atoms with E-state index >= 15 is 0 Å². The highest BCUT2D eigenvalue weighted by Gasteiger charge is 2.25. The maximum Gasteiger partial charge on any atom is 0.243 e. The maximum atomic E-state index is 11.8.